The molecule has 0 aromatic rings. The van der Waals surface area contributed by atoms with Crippen molar-refractivity contribution in [3.8, 4) is 0 Å². The van der Waals surface area contributed by atoms with Crippen molar-refractivity contribution in [3.05, 3.63) is 0 Å². The van der Waals surface area contributed by atoms with Crippen LogP contribution in [0.15, 0.2) is 0 Å². The van der Waals surface area contributed by atoms with Crippen LogP contribution in [0.25, 0.3) is 0 Å². The van der Waals surface area contributed by atoms with E-state index in [1.54, 1.807) is 0 Å². The molecule has 138 valence electrons. The fourth-order valence-corrected chi connectivity index (χ4v) is 0.703. The van der Waals surface area contributed by atoms with Gasteiger partial charge in [-0.05, 0) is 0 Å². The third-order valence-corrected chi connectivity index (χ3v) is 1.57. The third-order valence-electron chi connectivity index (χ3n) is 1.57. The zero-order valence-electron chi connectivity index (χ0n) is 11.1. The van der Waals surface area contributed by atoms with Crippen molar-refractivity contribution in [3.63, 3.8) is 0 Å². The standard InChI is InChI=1S/C6H15NO5.2H2O4S.Ti/c7-1-3(9)5(11)6(12)4(10)2-8;2*1-5(2,3)4;/h3-6,8-12H,1-2,7H2;2*(H2,1,2,3,4);/q;;;+4/p-4. The first kappa shape index (κ1) is 31.0. The zero-order chi connectivity index (χ0) is 18.7. The summed E-state index contributed by atoms with van der Waals surface area (Å²) in [5.74, 6) is 0. The van der Waals surface area contributed by atoms with Crippen LogP contribution in [0.2, 0.25) is 0 Å². The van der Waals surface area contributed by atoms with E-state index in [4.69, 9.17) is 66.3 Å². The molecule has 4 unspecified atom stereocenters. The summed E-state index contributed by atoms with van der Waals surface area (Å²) < 4.78 is 68.2. The Morgan fingerprint density at radius 2 is 1.00 bits per heavy atom. The molecule has 0 aromatic heterocycles. The Hall–Kier alpha value is 0.214. The Balaban J connectivity index is -0.000000137. The second-order valence-corrected chi connectivity index (χ2v) is 4.98. The SMILES string of the molecule is NCC(O)C(O)C(O)C(O)CO.O=S(=O)([O-])[O-].O=S(=O)([O-])[O-].[Ti+4]. The monoisotopic (exact) mass is 421 g/mol. The number of rotatable bonds is 5. The number of hydrogen-bond acceptors (Lipinski definition) is 14. The number of nitrogens with two attached hydrogens (primary N) is 1. The normalized spacial score (nSPS) is 16.3. The van der Waals surface area contributed by atoms with Crippen LogP contribution in [-0.2, 0) is 42.5 Å². The number of aliphatic hydroxyl groups is 5. The smallest absolute Gasteiger partial charge is 0.759 e. The number of aliphatic hydroxyl groups excluding tert-OH is 5. The first-order valence-electron chi connectivity index (χ1n) is 4.91. The van der Waals surface area contributed by atoms with Crippen molar-refractivity contribution in [2.45, 2.75) is 24.4 Å². The maximum atomic E-state index is 9.04. The molecule has 0 spiro atoms. The Labute approximate surface area is 146 Å². The molecule has 0 aliphatic rings. The van der Waals surface area contributed by atoms with E-state index in [0.717, 1.165) is 0 Å². The second kappa shape index (κ2) is 14.5. The minimum atomic E-state index is -5.17. The van der Waals surface area contributed by atoms with E-state index in [0.29, 0.717) is 0 Å². The molecule has 0 heterocycles. The van der Waals surface area contributed by atoms with E-state index in [1.165, 1.54) is 0 Å². The molecule has 14 nitrogen and oxygen atoms in total. The minimum Gasteiger partial charge on any atom is -0.759 e. The van der Waals surface area contributed by atoms with Crippen molar-refractivity contribution < 1.29 is 82.3 Å². The van der Waals surface area contributed by atoms with Gasteiger partial charge in [-0.1, -0.05) is 0 Å². The molecular formula is C6H15NO13S2Ti. The summed E-state index contributed by atoms with van der Waals surface area (Å²) in [5.41, 5.74) is 4.99. The van der Waals surface area contributed by atoms with Gasteiger partial charge in [-0.3, -0.25) is 16.8 Å². The molecule has 0 radical (unpaired) electrons. The van der Waals surface area contributed by atoms with E-state index in [-0.39, 0.29) is 28.3 Å². The van der Waals surface area contributed by atoms with Gasteiger partial charge in [-0.25, -0.2) is 0 Å². The van der Waals surface area contributed by atoms with Crippen LogP contribution >= 0.6 is 0 Å². The van der Waals surface area contributed by atoms with E-state index in [1.807, 2.05) is 0 Å². The molecule has 0 aliphatic heterocycles. The van der Waals surface area contributed by atoms with Gasteiger partial charge < -0.3 is 49.5 Å². The van der Waals surface area contributed by atoms with Crippen LogP contribution in [0.3, 0.4) is 0 Å². The van der Waals surface area contributed by atoms with Gasteiger partial charge in [-0.15, -0.1) is 0 Å². The van der Waals surface area contributed by atoms with E-state index in [9.17, 15) is 0 Å². The fourth-order valence-electron chi connectivity index (χ4n) is 0.703. The minimum absolute atomic E-state index is 0. The van der Waals surface area contributed by atoms with Gasteiger partial charge >= 0.3 is 21.7 Å². The summed E-state index contributed by atoms with van der Waals surface area (Å²) in [6, 6.07) is 0. The predicted octanol–water partition coefficient (Wildman–Crippen LogP) is -6.30. The van der Waals surface area contributed by atoms with Gasteiger partial charge in [0, 0.05) is 27.3 Å². The largest absolute Gasteiger partial charge is 4.00 e. The molecule has 0 amide bonds. The predicted molar refractivity (Wildman–Crippen MR) is 61.1 cm³/mol. The molecule has 0 fully saturated rings. The summed E-state index contributed by atoms with van der Waals surface area (Å²) >= 11 is 0. The molecule has 0 rings (SSSR count). The summed E-state index contributed by atoms with van der Waals surface area (Å²) in [5, 5.41) is 44.2. The van der Waals surface area contributed by atoms with Crippen LogP contribution in [-0.4, -0.2) is 98.1 Å². The quantitative estimate of drug-likeness (QED) is 0.137. The van der Waals surface area contributed by atoms with Crippen molar-refractivity contribution >= 4 is 20.8 Å². The van der Waals surface area contributed by atoms with Crippen molar-refractivity contribution in [2.75, 3.05) is 13.2 Å². The number of hydrogen-bond donors (Lipinski definition) is 6. The molecule has 0 bridgehead atoms. The van der Waals surface area contributed by atoms with E-state index in [2.05, 4.69) is 0 Å². The van der Waals surface area contributed by atoms with Gasteiger partial charge in [0.05, 0.1) is 12.7 Å². The van der Waals surface area contributed by atoms with Gasteiger partial charge in [0.1, 0.15) is 18.3 Å². The van der Waals surface area contributed by atoms with Crippen LogP contribution in [0.4, 0.5) is 0 Å². The fraction of sp³-hybridized carbons (Fsp3) is 1.00. The molecule has 4 atom stereocenters. The third kappa shape index (κ3) is 34.5. The first-order valence-corrected chi connectivity index (χ1v) is 7.57. The summed E-state index contributed by atoms with van der Waals surface area (Å²) in [6.45, 7) is -0.911. The molecule has 0 aromatic carbocycles. The Kier molecular flexibility index (Phi) is 19.6. The topological polar surface area (TPSA) is 288 Å². The first-order chi connectivity index (χ1) is 9.54. The zero-order valence-corrected chi connectivity index (χ0v) is 14.3. The van der Waals surface area contributed by atoms with Gasteiger partial charge in [0.2, 0.25) is 0 Å². The molecule has 0 saturated heterocycles. The van der Waals surface area contributed by atoms with Gasteiger partial charge in [0.25, 0.3) is 0 Å². The molecule has 7 N–H and O–H groups in total. The maximum absolute atomic E-state index is 9.04. The maximum Gasteiger partial charge on any atom is 4.00 e. The Bertz CT molecular complexity index is 407. The van der Waals surface area contributed by atoms with Crippen LogP contribution in [0.5, 0.6) is 0 Å². The molecular weight excluding hydrogens is 406 g/mol. The molecule has 0 aliphatic carbocycles. The average molecular weight is 421 g/mol. The van der Waals surface area contributed by atoms with Crippen molar-refractivity contribution in [1.29, 1.82) is 0 Å². The Morgan fingerprint density at radius 3 is 1.17 bits per heavy atom. The average Bonchev–Trinajstić information content (AvgIpc) is 2.30. The van der Waals surface area contributed by atoms with Gasteiger partial charge in [-0.2, -0.15) is 0 Å². The molecule has 23 heavy (non-hydrogen) atoms. The van der Waals surface area contributed by atoms with E-state index >= 15 is 0 Å². The second-order valence-electron chi connectivity index (χ2n) is 3.35. The summed E-state index contributed by atoms with van der Waals surface area (Å²) in [6.07, 6.45) is -5.91. The van der Waals surface area contributed by atoms with Gasteiger partial charge in [0.15, 0.2) is 0 Å². The van der Waals surface area contributed by atoms with Crippen LogP contribution in [0, 0.1) is 0 Å². The van der Waals surface area contributed by atoms with Crippen LogP contribution in [0.1, 0.15) is 0 Å². The summed E-state index contributed by atoms with van der Waals surface area (Å²) in [4.78, 5) is 0. The molecule has 17 heteroatoms. The molecule has 0 saturated carbocycles. The Morgan fingerprint density at radius 1 is 0.783 bits per heavy atom. The van der Waals surface area contributed by atoms with Crippen molar-refractivity contribution in [2.24, 2.45) is 5.73 Å². The van der Waals surface area contributed by atoms with Crippen LogP contribution < -0.4 is 5.73 Å². The van der Waals surface area contributed by atoms with Crippen molar-refractivity contribution in [1.82, 2.24) is 0 Å². The summed E-state index contributed by atoms with van der Waals surface area (Å²) in [7, 11) is -10.3. The van der Waals surface area contributed by atoms with E-state index < -0.39 is 51.8 Å².